The Morgan fingerprint density at radius 3 is 0.857 bits per heavy atom. The van der Waals surface area contributed by atoms with Crippen LogP contribution in [0, 0.1) is 0 Å². The summed E-state index contributed by atoms with van der Waals surface area (Å²) in [5.41, 5.74) is 0. The van der Waals surface area contributed by atoms with E-state index in [2.05, 4.69) is 11.8 Å². The molecule has 0 spiro atoms. The van der Waals surface area contributed by atoms with Gasteiger partial charge in [-0.15, -0.1) is 0 Å². The Morgan fingerprint density at radius 1 is 0.408 bits per heavy atom. The number of carbonyl (C=O) groups excluding carboxylic acids is 6. The number of thiocarbonyl (C=S) groups is 4. The first-order valence-electron chi connectivity index (χ1n) is 15.5. The lowest BCUT2D eigenvalue weighted by Crippen LogP contribution is -2.29. The fourth-order valence-electron chi connectivity index (χ4n) is 4.35. The average molecular weight is 761 g/mol. The van der Waals surface area contributed by atoms with Crippen molar-refractivity contribution in [1.82, 2.24) is 49.0 Å². The number of rotatable bonds is 4. The molecule has 0 aliphatic carbocycles. The lowest BCUT2D eigenvalue weighted by atomic mass is 10.5. The maximum absolute atomic E-state index is 11.0. The quantitative estimate of drug-likeness (QED) is 0.289. The number of nitrogens with zero attached hydrogens (tertiary/aromatic N) is 10. The van der Waals surface area contributed by atoms with Gasteiger partial charge in [0.05, 0.1) is 19.6 Å². The Balaban J connectivity index is 0.000000306. The normalized spacial score (nSPS) is 19.1. The van der Waals surface area contributed by atoms with Gasteiger partial charge in [-0.2, -0.15) is 0 Å². The molecule has 0 bridgehead atoms. The summed E-state index contributed by atoms with van der Waals surface area (Å²) in [6.45, 7) is 13.3. The Hall–Kier alpha value is -3.62. The Morgan fingerprint density at radius 2 is 0.714 bits per heavy atom. The Labute approximate surface area is 310 Å². The molecule has 0 N–H and O–H groups in total. The van der Waals surface area contributed by atoms with Crippen LogP contribution in [-0.2, 0) is 19.2 Å². The fourth-order valence-corrected chi connectivity index (χ4v) is 5.55. The molecule has 5 saturated heterocycles. The van der Waals surface area contributed by atoms with Gasteiger partial charge in [0, 0.05) is 68.5 Å². The molecule has 5 aliphatic rings. The van der Waals surface area contributed by atoms with Gasteiger partial charge in [-0.3, -0.25) is 38.8 Å². The first-order chi connectivity index (χ1) is 22.8. The molecule has 5 heterocycles. The molecule has 8 amide bonds. The summed E-state index contributed by atoms with van der Waals surface area (Å²) in [5.74, 6) is -0.0759. The van der Waals surface area contributed by atoms with Gasteiger partial charge in [-0.05, 0) is 64.3 Å². The van der Waals surface area contributed by atoms with Crippen molar-refractivity contribution in [3.8, 4) is 0 Å². The van der Waals surface area contributed by atoms with Crippen LogP contribution >= 0.6 is 48.9 Å². The molecule has 0 aromatic rings. The van der Waals surface area contributed by atoms with Gasteiger partial charge < -0.3 is 29.4 Å². The van der Waals surface area contributed by atoms with Crippen molar-refractivity contribution < 1.29 is 28.8 Å². The number of amides is 8. The topological polar surface area (TPSA) is 135 Å². The molecule has 0 aromatic heterocycles. The lowest BCUT2D eigenvalue weighted by molar-refractivity contribution is -0.125. The van der Waals surface area contributed by atoms with Gasteiger partial charge in [-0.25, -0.2) is 9.59 Å². The van der Waals surface area contributed by atoms with Crippen molar-refractivity contribution >= 4 is 105 Å². The molecule has 5 fully saturated rings. The van der Waals surface area contributed by atoms with Gasteiger partial charge in [0.15, 0.2) is 15.3 Å². The van der Waals surface area contributed by atoms with E-state index in [1.807, 2.05) is 42.5 Å². The predicted octanol–water partition coefficient (Wildman–Crippen LogP) is 0.407. The van der Waals surface area contributed by atoms with Crippen LogP contribution in [0.3, 0.4) is 0 Å². The van der Waals surface area contributed by atoms with E-state index in [9.17, 15) is 28.8 Å². The maximum Gasteiger partial charge on any atom is 0.326 e. The summed E-state index contributed by atoms with van der Waals surface area (Å²) in [7, 11) is 9.92. The van der Waals surface area contributed by atoms with Crippen LogP contribution in [0.15, 0.2) is 0 Å². The molecule has 49 heavy (non-hydrogen) atoms. The molecule has 5 aliphatic heterocycles. The third kappa shape index (κ3) is 11.2. The maximum atomic E-state index is 11.0. The molecule has 16 nitrogen and oxygen atoms in total. The number of carbonyl (C=O) groups is 6. The van der Waals surface area contributed by atoms with Crippen LogP contribution in [0.5, 0.6) is 0 Å². The van der Waals surface area contributed by atoms with E-state index in [0.29, 0.717) is 29.9 Å². The average Bonchev–Trinajstić information content (AvgIpc) is 3.75. The molecular weight excluding hydrogens is 713 g/mol. The smallest absolute Gasteiger partial charge is 0.326 e. The summed E-state index contributed by atoms with van der Waals surface area (Å²) >= 11 is 20.1. The van der Waals surface area contributed by atoms with Crippen LogP contribution in [0.1, 0.15) is 27.7 Å². The van der Waals surface area contributed by atoms with Crippen LogP contribution in [0.25, 0.3) is 0 Å². The Bertz CT molecular complexity index is 1190. The van der Waals surface area contributed by atoms with Crippen LogP contribution in [-0.4, -0.2) is 206 Å². The van der Waals surface area contributed by atoms with Gasteiger partial charge in [0.2, 0.25) is 23.6 Å². The first-order valence-corrected chi connectivity index (χ1v) is 17.2. The van der Waals surface area contributed by atoms with E-state index in [4.69, 9.17) is 48.9 Å². The van der Waals surface area contributed by atoms with Gasteiger partial charge in [0.25, 0.3) is 0 Å². The minimum Gasteiger partial charge on any atom is -0.342 e. The highest BCUT2D eigenvalue weighted by molar-refractivity contribution is 7.82. The van der Waals surface area contributed by atoms with Crippen molar-refractivity contribution in [3.63, 3.8) is 0 Å². The van der Waals surface area contributed by atoms with E-state index < -0.39 is 0 Å². The second-order valence-corrected chi connectivity index (χ2v) is 12.7. The summed E-state index contributed by atoms with van der Waals surface area (Å²) < 4.78 is 0. The van der Waals surface area contributed by atoms with Crippen molar-refractivity contribution in [3.05, 3.63) is 0 Å². The van der Waals surface area contributed by atoms with Crippen molar-refractivity contribution in [1.29, 1.82) is 0 Å². The second kappa shape index (κ2) is 19.5. The Kier molecular flexibility index (Phi) is 17.3. The molecule has 5 rings (SSSR count). The molecule has 0 radical (unpaired) electrons. The monoisotopic (exact) mass is 760 g/mol. The largest absolute Gasteiger partial charge is 0.342 e. The summed E-state index contributed by atoms with van der Waals surface area (Å²) in [6, 6.07) is -0.410. The van der Waals surface area contributed by atoms with E-state index in [0.717, 1.165) is 46.1 Å². The third-order valence-corrected chi connectivity index (χ3v) is 9.92. The highest BCUT2D eigenvalue weighted by Crippen LogP contribution is 2.09. The molecule has 20 heteroatoms. The molecule has 0 unspecified atom stereocenters. The molecule has 274 valence electrons. The van der Waals surface area contributed by atoms with Gasteiger partial charge >= 0.3 is 12.1 Å². The number of hydrogen-bond donors (Lipinski definition) is 0. The third-order valence-electron chi connectivity index (χ3n) is 7.92. The lowest BCUT2D eigenvalue weighted by Gasteiger charge is -2.14. The van der Waals surface area contributed by atoms with Gasteiger partial charge in [0.1, 0.15) is 18.1 Å². The summed E-state index contributed by atoms with van der Waals surface area (Å²) in [5, 5.41) is 2.15. The first kappa shape index (κ1) is 43.4. The zero-order chi connectivity index (χ0) is 37.9. The van der Waals surface area contributed by atoms with E-state index >= 15 is 0 Å². The highest BCUT2D eigenvalue weighted by Gasteiger charge is 2.32. The predicted molar refractivity (Wildman–Crippen MR) is 202 cm³/mol. The van der Waals surface area contributed by atoms with E-state index in [-0.39, 0.29) is 48.8 Å². The molecule has 0 saturated carbocycles. The standard InChI is InChI=1S/C6H10N2O2.2C6H10N2OS.C6H10N2S2.C5H8N2O2/c4*1-3-8-4-5(9)7(2)6(8)10;1-6-3-4(8)7(2)5(6)9/h4*3-4H2,1-2H3;3H2,1-2H3. The zero-order valence-electron chi connectivity index (χ0n) is 29.9. The second-order valence-electron chi connectivity index (χ2n) is 11.1. The minimum atomic E-state index is -0.222. The summed E-state index contributed by atoms with van der Waals surface area (Å²) in [6.07, 6.45) is 0. The number of imide groups is 2. The van der Waals surface area contributed by atoms with E-state index in [1.54, 1.807) is 21.1 Å². The van der Waals surface area contributed by atoms with Crippen molar-refractivity contribution in [2.24, 2.45) is 0 Å². The highest BCUT2D eigenvalue weighted by atomic mass is 32.1. The fraction of sp³-hybridized carbons (Fsp3) is 0.655. The minimum absolute atomic E-state index is 0.0897. The number of urea groups is 2. The number of hydrogen-bond acceptors (Lipinski definition) is 10. The number of likely N-dealkylation sites (N-methyl/N-ethyl adjacent to an activating group) is 10. The van der Waals surface area contributed by atoms with E-state index in [1.165, 1.54) is 33.7 Å². The molecular formula is C29H48N10O6S4. The van der Waals surface area contributed by atoms with Crippen molar-refractivity contribution in [2.75, 3.05) is 101 Å². The SMILES string of the molecule is CCN1CC(=O)N(C)C1=O.CCN1CC(=O)N(C)C1=S.CCN1CC(=O)N(C)C1=S.CCN1CC(=S)N(C)C1=S.CN1CC(=O)N(C)C1=O. The van der Waals surface area contributed by atoms with Crippen LogP contribution in [0.2, 0.25) is 0 Å². The van der Waals surface area contributed by atoms with Gasteiger partial charge in [-0.1, -0.05) is 12.2 Å². The van der Waals surface area contributed by atoms with Crippen LogP contribution < -0.4 is 0 Å². The molecule has 0 atom stereocenters. The van der Waals surface area contributed by atoms with Crippen molar-refractivity contribution in [2.45, 2.75) is 27.7 Å². The molecule has 0 aromatic carbocycles. The van der Waals surface area contributed by atoms with Crippen LogP contribution in [0.4, 0.5) is 9.59 Å². The summed E-state index contributed by atoms with van der Waals surface area (Å²) in [4.78, 5) is 81.9. The zero-order valence-corrected chi connectivity index (χ0v) is 33.2.